The molecule has 0 radical (unpaired) electrons. The SMILES string of the molecule is C=CCOC(=O)[C@@H]1[C@@H]2CC(C)C3(S2)C(C(=O)N(CC=C)CCCC)N(CCCCCCO)C(=O)[C@H]13. The molecule has 3 aliphatic rings. The second-order valence-electron chi connectivity index (χ2n) is 10.1. The Bertz CT molecular complexity index is 804. The summed E-state index contributed by atoms with van der Waals surface area (Å²) in [6.07, 6.45) is 9.21. The Kier molecular flexibility index (Phi) is 9.87. The zero-order valence-electron chi connectivity index (χ0n) is 21.3. The molecule has 0 aromatic rings. The second kappa shape index (κ2) is 12.4. The van der Waals surface area contributed by atoms with Crippen LogP contribution in [0.3, 0.4) is 0 Å². The van der Waals surface area contributed by atoms with Crippen LogP contribution in [-0.4, -0.2) is 81.6 Å². The van der Waals surface area contributed by atoms with Gasteiger partial charge in [0.1, 0.15) is 12.6 Å². The van der Waals surface area contributed by atoms with Crippen molar-refractivity contribution in [2.75, 3.05) is 32.8 Å². The predicted molar refractivity (Wildman–Crippen MR) is 139 cm³/mol. The molecule has 3 heterocycles. The topological polar surface area (TPSA) is 87.2 Å². The fourth-order valence-corrected chi connectivity index (χ4v) is 8.67. The lowest BCUT2D eigenvalue weighted by atomic mass is 9.66. The van der Waals surface area contributed by atoms with Crippen molar-refractivity contribution in [3.8, 4) is 0 Å². The molecule has 2 amide bonds. The summed E-state index contributed by atoms with van der Waals surface area (Å²) >= 11 is 1.68. The van der Waals surface area contributed by atoms with Gasteiger partial charge >= 0.3 is 5.97 Å². The summed E-state index contributed by atoms with van der Waals surface area (Å²) in [5.74, 6) is -1.38. The largest absolute Gasteiger partial charge is 0.461 e. The van der Waals surface area contributed by atoms with E-state index in [9.17, 15) is 14.4 Å². The highest BCUT2D eigenvalue weighted by Crippen LogP contribution is 2.68. The maximum atomic E-state index is 14.2. The number of hydrogen-bond donors (Lipinski definition) is 1. The number of hydrogen-bond acceptors (Lipinski definition) is 6. The summed E-state index contributed by atoms with van der Waals surface area (Å²) in [5, 5.41) is 9.08. The summed E-state index contributed by atoms with van der Waals surface area (Å²) in [5.41, 5.74) is 0. The predicted octanol–water partition coefficient (Wildman–Crippen LogP) is 3.42. The average molecular weight is 507 g/mol. The number of thioether (sulfide) groups is 1. The first-order valence-corrected chi connectivity index (χ1v) is 14.0. The van der Waals surface area contributed by atoms with Gasteiger partial charge in [0, 0.05) is 31.5 Å². The molecular formula is C27H42N2O5S. The summed E-state index contributed by atoms with van der Waals surface area (Å²) in [6.45, 7) is 13.6. The third-order valence-electron chi connectivity index (χ3n) is 7.84. The molecule has 0 aromatic carbocycles. The Labute approximate surface area is 214 Å². The molecule has 3 rings (SSSR count). The molecule has 1 spiro atoms. The quantitative estimate of drug-likeness (QED) is 0.208. The first-order chi connectivity index (χ1) is 16.9. The maximum Gasteiger partial charge on any atom is 0.311 e. The number of aliphatic hydroxyl groups excluding tert-OH is 1. The lowest BCUT2D eigenvalue weighted by molar-refractivity contribution is -0.153. The number of likely N-dealkylation sites (tertiary alicyclic amines) is 1. The van der Waals surface area contributed by atoms with E-state index in [2.05, 4.69) is 27.0 Å². The van der Waals surface area contributed by atoms with Gasteiger partial charge in [0.25, 0.3) is 0 Å². The smallest absolute Gasteiger partial charge is 0.311 e. The average Bonchev–Trinajstić information content (AvgIpc) is 3.43. The zero-order valence-corrected chi connectivity index (χ0v) is 22.1. The Morgan fingerprint density at radius 1 is 1.23 bits per heavy atom. The van der Waals surface area contributed by atoms with Gasteiger partial charge in [-0.05, 0) is 31.6 Å². The second-order valence-corrected chi connectivity index (χ2v) is 11.6. The van der Waals surface area contributed by atoms with E-state index < -0.39 is 22.6 Å². The van der Waals surface area contributed by atoms with Crippen molar-refractivity contribution in [3.05, 3.63) is 25.3 Å². The van der Waals surface area contributed by atoms with Gasteiger partial charge in [0.15, 0.2) is 0 Å². The van der Waals surface area contributed by atoms with E-state index >= 15 is 0 Å². The van der Waals surface area contributed by atoms with Crippen molar-refractivity contribution in [1.29, 1.82) is 0 Å². The molecule has 196 valence electrons. The lowest BCUT2D eigenvalue weighted by Crippen LogP contribution is -2.57. The number of unbranched alkanes of at least 4 members (excludes halogenated alkanes) is 4. The molecule has 0 aromatic heterocycles. The van der Waals surface area contributed by atoms with E-state index in [1.165, 1.54) is 0 Å². The maximum absolute atomic E-state index is 14.2. The molecule has 0 aliphatic carbocycles. The first kappa shape index (κ1) is 27.8. The Morgan fingerprint density at radius 3 is 2.63 bits per heavy atom. The summed E-state index contributed by atoms with van der Waals surface area (Å²) in [7, 11) is 0. The number of aliphatic hydroxyl groups is 1. The number of fused-ring (bicyclic) bond motifs is 1. The molecule has 3 saturated heterocycles. The third kappa shape index (κ3) is 5.19. The fraction of sp³-hybridized carbons (Fsp3) is 0.741. The van der Waals surface area contributed by atoms with Crippen molar-refractivity contribution >= 4 is 29.5 Å². The highest BCUT2D eigenvalue weighted by atomic mass is 32.2. The molecule has 35 heavy (non-hydrogen) atoms. The molecule has 3 fully saturated rings. The van der Waals surface area contributed by atoms with Crippen LogP contribution in [0.5, 0.6) is 0 Å². The van der Waals surface area contributed by atoms with Gasteiger partial charge in [-0.15, -0.1) is 18.3 Å². The summed E-state index contributed by atoms with van der Waals surface area (Å²) in [6, 6.07) is -0.586. The number of rotatable bonds is 15. The normalized spacial score (nSPS) is 30.9. The highest BCUT2D eigenvalue weighted by molar-refractivity contribution is 8.02. The van der Waals surface area contributed by atoms with Crippen molar-refractivity contribution < 1.29 is 24.2 Å². The molecule has 0 saturated carbocycles. The van der Waals surface area contributed by atoms with Gasteiger partial charge in [-0.1, -0.05) is 51.8 Å². The monoisotopic (exact) mass is 506 g/mol. The van der Waals surface area contributed by atoms with Gasteiger partial charge in [0.2, 0.25) is 11.8 Å². The molecule has 3 unspecified atom stereocenters. The Hall–Kier alpha value is -1.80. The minimum Gasteiger partial charge on any atom is -0.461 e. The van der Waals surface area contributed by atoms with Crippen molar-refractivity contribution in [1.82, 2.24) is 9.80 Å². The Morgan fingerprint density at radius 2 is 1.97 bits per heavy atom. The van der Waals surface area contributed by atoms with E-state index in [1.54, 1.807) is 28.8 Å². The van der Waals surface area contributed by atoms with E-state index in [4.69, 9.17) is 9.84 Å². The number of nitrogens with zero attached hydrogens (tertiary/aromatic N) is 2. The standard InChI is InChI=1S/C27H42N2O5S/c1-5-8-14-28(13-6-2)25(32)23-27-19(4)18-20(35-27)21(26(33)34-17-7-3)22(27)24(31)29(23)15-11-9-10-12-16-30/h6-7,19-23,30H,2-3,5,8-18H2,1,4H3/t19?,20-,21+,22-,23?,27?/m0/s1. The fourth-order valence-electron chi connectivity index (χ4n) is 6.26. The Balaban J connectivity index is 1.95. The van der Waals surface area contributed by atoms with Gasteiger partial charge < -0.3 is 19.6 Å². The number of amides is 2. The molecule has 7 nitrogen and oxygen atoms in total. The van der Waals surface area contributed by atoms with Crippen LogP contribution in [0.15, 0.2) is 25.3 Å². The van der Waals surface area contributed by atoms with E-state index in [-0.39, 0.29) is 42.2 Å². The van der Waals surface area contributed by atoms with E-state index in [0.29, 0.717) is 19.6 Å². The first-order valence-electron chi connectivity index (χ1n) is 13.1. The zero-order chi connectivity index (χ0) is 25.6. The number of ether oxygens (including phenoxy) is 1. The van der Waals surface area contributed by atoms with E-state index in [1.807, 2.05) is 4.90 Å². The van der Waals surface area contributed by atoms with Crippen LogP contribution in [0.25, 0.3) is 0 Å². The minimum atomic E-state index is -0.618. The summed E-state index contributed by atoms with van der Waals surface area (Å²) < 4.78 is 4.82. The number of esters is 1. The molecule has 2 bridgehead atoms. The van der Waals surface area contributed by atoms with Crippen LogP contribution in [0.2, 0.25) is 0 Å². The highest BCUT2D eigenvalue weighted by Gasteiger charge is 2.76. The van der Waals surface area contributed by atoms with Crippen LogP contribution in [-0.2, 0) is 19.1 Å². The van der Waals surface area contributed by atoms with Crippen molar-refractivity contribution in [2.24, 2.45) is 17.8 Å². The molecule has 1 N–H and O–H groups in total. The van der Waals surface area contributed by atoms with Crippen molar-refractivity contribution in [2.45, 2.75) is 74.8 Å². The van der Waals surface area contributed by atoms with Gasteiger partial charge in [0.05, 0.1) is 16.6 Å². The van der Waals surface area contributed by atoms with Crippen LogP contribution in [0.4, 0.5) is 0 Å². The number of carbonyl (C=O) groups excluding carboxylic acids is 3. The van der Waals surface area contributed by atoms with E-state index in [0.717, 1.165) is 44.9 Å². The van der Waals surface area contributed by atoms with Crippen LogP contribution in [0.1, 0.15) is 58.8 Å². The van der Waals surface area contributed by atoms with Gasteiger partial charge in [-0.3, -0.25) is 14.4 Å². The molecule has 3 aliphatic heterocycles. The van der Waals surface area contributed by atoms with Gasteiger partial charge in [-0.2, -0.15) is 0 Å². The molecule has 6 atom stereocenters. The van der Waals surface area contributed by atoms with Crippen LogP contribution >= 0.6 is 11.8 Å². The van der Waals surface area contributed by atoms with Crippen LogP contribution < -0.4 is 0 Å². The van der Waals surface area contributed by atoms with Gasteiger partial charge in [-0.25, -0.2) is 0 Å². The minimum absolute atomic E-state index is 0.0123. The molecule has 8 heteroatoms. The lowest BCUT2D eigenvalue weighted by Gasteiger charge is -2.40. The molecular weight excluding hydrogens is 464 g/mol. The van der Waals surface area contributed by atoms with Crippen molar-refractivity contribution in [3.63, 3.8) is 0 Å². The number of carbonyl (C=O) groups is 3. The third-order valence-corrected chi connectivity index (χ3v) is 9.92. The summed E-state index contributed by atoms with van der Waals surface area (Å²) in [4.78, 5) is 44.9. The van der Waals surface area contributed by atoms with Crippen LogP contribution in [0, 0.1) is 17.8 Å².